The number of fused-ring (bicyclic) bond motifs is 1. The number of benzene rings is 1. The highest BCUT2D eigenvalue weighted by Crippen LogP contribution is 2.25. The lowest BCUT2D eigenvalue weighted by atomic mass is 10.3. The summed E-state index contributed by atoms with van der Waals surface area (Å²) in [7, 11) is 0. The van der Waals surface area contributed by atoms with Gasteiger partial charge in [-0.25, -0.2) is 9.97 Å². The zero-order valence-corrected chi connectivity index (χ0v) is 17.2. The van der Waals surface area contributed by atoms with Gasteiger partial charge in [0, 0.05) is 18.1 Å². The number of nitrogens with zero attached hydrogens (tertiary/aromatic N) is 4. The molecule has 0 atom stereocenters. The third kappa shape index (κ3) is 4.70. The monoisotopic (exact) mass is 432 g/mol. The molecule has 2 N–H and O–H groups in total. The highest BCUT2D eigenvalue weighted by atomic mass is 32.2. The molecule has 0 amide bonds. The Morgan fingerprint density at radius 1 is 1.07 bits per heavy atom. The number of hydrogen-bond donors (Lipinski definition) is 2. The van der Waals surface area contributed by atoms with Crippen molar-refractivity contribution in [3.63, 3.8) is 0 Å². The van der Waals surface area contributed by atoms with Crippen LogP contribution in [0.5, 0.6) is 0 Å². The van der Waals surface area contributed by atoms with Gasteiger partial charge in [-0.05, 0) is 60.4 Å². The Morgan fingerprint density at radius 2 is 1.87 bits per heavy atom. The number of rotatable bonds is 5. The van der Waals surface area contributed by atoms with Gasteiger partial charge in [0.1, 0.15) is 15.7 Å². The third-order valence-electron chi connectivity index (χ3n) is 3.96. The van der Waals surface area contributed by atoms with E-state index in [1.165, 1.54) is 22.4 Å². The molecule has 0 saturated heterocycles. The number of anilines is 1. The van der Waals surface area contributed by atoms with Crippen molar-refractivity contribution < 1.29 is 0 Å². The highest BCUT2D eigenvalue weighted by molar-refractivity contribution is 7.99. The van der Waals surface area contributed by atoms with Crippen LogP contribution >= 0.6 is 24.0 Å². The molecule has 3 aromatic heterocycles. The van der Waals surface area contributed by atoms with Crippen LogP contribution in [0.1, 0.15) is 5.56 Å². The molecule has 0 unspecified atom stereocenters. The first-order valence-corrected chi connectivity index (χ1v) is 10.2. The van der Waals surface area contributed by atoms with E-state index in [1.54, 1.807) is 24.5 Å². The fraction of sp³-hybridized carbons (Fsp3) is 0. The minimum absolute atomic E-state index is 0.230. The van der Waals surface area contributed by atoms with Crippen molar-refractivity contribution in [1.29, 1.82) is 0 Å². The maximum Gasteiger partial charge on any atom is 0.267 e. The van der Waals surface area contributed by atoms with Gasteiger partial charge < -0.3 is 5.32 Å². The molecule has 30 heavy (non-hydrogen) atoms. The second-order valence-corrected chi connectivity index (χ2v) is 7.44. The SMILES string of the molecule is O=c1c(/C=N\NC(=S)Nc2ccccc2)c(Sc2ccccn2)nc2ccccn12. The first-order valence-electron chi connectivity index (χ1n) is 8.96. The lowest BCUT2D eigenvalue weighted by Crippen LogP contribution is -2.25. The van der Waals surface area contributed by atoms with E-state index in [9.17, 15) is 4.79 Å². The second-order valence-electron chi connectivity index (χ2n) is 6.02. The van der Waals surface area contributed by atoms with Crippen LogP contribution in [0.3, 0.4) is 0 Å². The van der Waals surface area contributed by atoms with Crippen molar-refractivity contribution in [2.75, 3.05) is 5.32 Å². The quantitative estimate of drug-likeness (QED) is 0.216. The van der Waals surface area contributed by atoms with E-state index in [1.807, 2.05) is 54.6 Å². The van der Waals surface area contributed by atoms with Crippen molar-refractivity contribution in [3.05, 3.63) is 95.0 Å². The van der Waals surface area contributed by atoms with Crippen molar-refractivity contribution in [1.82, 2.24) is 19.8 Å². The Kier molecular flexibility index (Phi) is 6.11. The fourth-order valence-electron chi connectivity index (χ4n) is 2.61. The van der Waals surface area contributed by atoms with Gasteiger partial charge in [0.25, 0.3) is 5.56 Å². The van der Waals surface area contributed by atoms with Gasteiger partial charge in [-0.15, -0.1) is 0 Å². The normalized spacial score (nSPS) is 10.9. The first-order chi connectivity index (χ1) is 14.7. The predicted octanol–water partition coefficient (Wildman–Crippen LogP) is 3.56. The molecule has 0 saturated carbocycles. The number of para-hydroxylation sites is 1. The second kappa shape index (κ2) is 9.29. The van der Waals surface area contributed by atoms with E-state index >= 15 is 0 Å². The Hall–Kier alpha value is -3.56. The van der Waals surface area contributed by atoms with Gasteiger partial charge >= 0.3 is 0 Å². The molecule has 3 heterocycles. The number of pyridine rings is 2. The summed E-state index contributed by atoms with van der Waals surface area (Å²) in [6.45, 7) is 0. The van der Waals surface area contributed by atoms with Crippen LogP contribution in [0.2, 0.25) is 0 Å². The van der Waals surface area contributed by atoms with Gasteiger partial charge in [-0.2, -0.15) is 5.10 Å². The highest BCUT2D eigenvalue weighted by Gasteiger charge is 2.13. The number of hydrogen-bond acceptors (Lipinski definition) is 6. The molecule has 1 aromatic carbocycles. The van der Waals surface area contributed by atoms with Crippen LogP contribution in [-0.2, 0) is 0 Å². The van der Waals surface area contributed by atoms with Gasteiger partial charge in [0.05, 0.1) is 11.8 Å². The van der Waals surface area contributed by atoms with Crippen molar-refractivity contribution in [3.8, 4) is 0 Å². The van der Waals surface area contributed by atoms with Gasteiger partial charge in [0.2, 0.25) is 0 Å². The molecule has 0 aliphatic heterocycles. The van der Waals surface area contributed by atoms with Gasteiger partial charge in [-0.1, -0.05) is 30.3 Å². The van der Waals surface area contributed by atoms with E-state index in [0.29, 0.717) is 21.3 Å². The maximum absolute atomic E-state index is 13.0. The lowest BCUT2D eigenvalue weighted by molar-refractivity contribution is 0.967. The number of aromatic nitrogens is 3. The van der Waals surface area contributed by atoms with E-state index in [-0.39, 0.29) is 5.56 Å². The molecule has 0 aliphatic carbocycles. The Morgan fingerprint density at radius 3 is 2.67 bits per heavy atom. The topological polar surface area (TPSA) is 83.7 Å². The van der Waals surface area contributed by atoms with Gasteiger partial charge in [0.15, 0.2) is 5.11 Å². The summed E-state index contributed by atoms with van der Waals surface area (Å²) < 4.78 is 1.48. The summed E-state index contributed by atoms with van der Waals surface area (Å²) in [5.41, 5.74) is 4.23. The number of thiocarbonyl (C=S) groups is 1. The maximum atomic E-state index is 13.0. The smallest absolute Gasteiger partial charge is 0.267 e. The molecule has 0 bridgehead atoms. The summed E-state index contributed by atoms with van der Waals surface area (Å²) in [5.74, 6) is 0. The molecule has 9 heteroatoms. The summed E-state index contributed by atoms with van der Waals surface area (Å²) in [4.78, 5) is 21.9. The lowest BCUT2D eigenvalue weighted by Gasteiger charge is -2.08. The summed E-state index contributed by atoms with van der Waals surface area (Å²) in [6, 6.07) is 20.5. The molecule has 0 aliphatic rings. The van der Waals surface area contributed by atoms with Crippen molar-refractivity contribution >= 4 is 46.6 Å². The van der Waals surface area contributed by atoms with E-state index in [2.05, 4.69) is 25.8 Å². The minimum atomic E-state index is -0.230. The summed E-state index contributed by atoms with van der Waals surface area (Å²) in [5, 5.41) is 8.71. The molecular weight excluding hydrogens is 416 g/mol. The van der Waals surface area contributed by atoms with E-state index in [4.69, 9.17) is 12.2 Å². The minimum Gasteiger partial charge on any atom is -0.331 e. The number of hydrazone groups is 1. The Balaban J connectivity index is 1.62. The average molecular weight is 433 g/mol. The largest absolute Gasteiger partial charge is 0.331 e. The molecule has 0 radical (unpaired) electrons. The molecule has 4 rings (SSSR count). The van der Waals surface area contributed by atoms with Crippen LogP contribution in [0.15, 0.2) is 99.1 Å². The molecule has 0 spiro atoms. The van der Waals surface area contributed by atoms with Crippen molar-refractivity contribution in [2.45, 2.75) is 10.1 Å². The van der Waals surface area contributed by atoms with Crippen LogP contribution in [0.4, 0.5) is 5.69 Å². The number of nitrogens with one attached hydrogen (secondary N) is 2. The zero-order valence-electron chi connectivity index (χ0n) is 15.6. The fourth-order valence-corrected chi connectivity index (χ4v) is 3.63. The third-order valence-corrected chi connectivity index (χ3v) is 5.11. The van der Waals surface area contributed by atoms with Crippen LogP contribution < -0.4 is 16.3 Å². The predicted molar refractivity (Wildman–Crippen MR) is 123 cm³/mol. The standard InChI is InChI=1S/C21H16N6OS2/c28-20-16(14-23-26-21(29)24-15-8-2-1-3-9-15)19(30-18-11-4-6-12-22-18)25-17-10-5-7-13-27(17)20/h1-14H,(H2,24,26,29)/b23-14-. The molecule has 4 aromatic rings. The van der Waals surface area contributed by atoms with Crippen molar-refractivity contribution in [2.24, 2.45) is 5.10 Å². The Labute approximate surface area is 181 Å². The first kappa shape index (κ1) is 19.7. The molecular formula is C21H16N6OS2. The zero-order chi connectivity index (χ0) is 20.8. The molecule has 7 nitrogen and oxygen atoms in total. The van der Waals surface area contributed by atoms with E-state index in [0.717, 1.165) is 10.7 Å². The average Bonchev–Trinajstić information content (AvgIpc) is 2.77. The summed E-state index contributed by atoms with van der Waals surface area (Å²) in [6.07, 6.45) is 4.80. The van der Waals surface area contributed by atoms with Crippen LogP contribution in [0.25, 0.3) is 5.65 Å². The molecule has 0 fully saturated rings. The van der Waals surface area contributed by atoms with E-state index < -0.39 is 0 Å². The van der Waals surface area contributed by atoms with Gasteiger partial charge in [-0.3, -0.25) is 14.6 Å². The van der Waals surface area contributed by atoms with Crippen LogP contribution in [0, 0.1) is 0 Å². The van der Waals surface area contributed by atoms with Crippen LogP contribution in [-0.4, -0.2) is 25.7 Å². The molecule has 148 valence electrons. The Bertz CT molecular complexity index is 1260. The summed E-state index contributed by atoms with van der Waals surface area (Å²) >= 11 is 6.55.